The fraction of sp³-hybridized carbons (Fsp3) is 0.417. The SMILES string of the molecule is COc1cc2c(cc1OC)[C@H](C)N(C(=O)[C@@H](NC(=O)c1ccccc1)C(C)C)CC2. The van der Waals surface area contributed by atoms with Crippen LogP contribution in [-0.2, 0) is 11.2 Å². The molecule has 3 rings (SSSR count). The van der Waals surface area contributed by atoms with Gasteiger partial charge in [-0.3, -0.25) is 9.59 Å². The molecule has 0 aliphatic carbocycles. The highest BCUT2D eigenvalue weighted by atomic mass is 16.5. The van der Waals surface area contributed by atoms with E-state index in [0.29, 0.717) is 23.6 Å². The first-order chi connectivity index (χ1) is 14.4. The summed E-state index contributed by atoms with van der Waals surface area (Å²) in [6.45, 7) is 6.50. The van der Waals surface area contributed by atoms with Crippen LogP contribution in [0.3, 0.4) is 0 Å². The second kappa shape index (κ2) is 9.20. The number of rotatable bonds is 6. The van der Waals surface area contributed by atoms with Crippen molar-refractivity contribution >= 4 is 11.8 Å². The van der Waals surface area contributed by atoms with Crippen LogP contribution >= 0.6 is 0 Å². The lowest BCUT2D eigenvalue weighted by Gasteiger charge is -2.38. The summed E-state index contributed by atoms with van der Waals surface area (Å²) in [5.41, 5.74) is 2.74. The average Bonchev–Trinajstić information content (AvgIpc) is 2.76. The number of ether oxygens (including phenoxy) is 2. The molecule has 0 bridgehead atoms. The molecular weight excluding hydrogens is 380 g/mol. The summed E-state index contributed by atoms with van der Waals surface area (Å²) in [6.07, 6.45) is 0.725. The van der Waals surface area contributed by atoms with Gasteiger partial charge >= 0.3 is 0 Å². The molecule has 1 aliphatic rings. The van der Waals surface area contributed by atoms with Crippen LogP contribution < -0.4 is 14.8 Å². The number of hydrogen-bond donors (Lipinski definition) is 1. The quantitative estimate of drug-likeness (QED) is 0.790. The molecule has 0 fully saturated rings. The zero-order valence-electron chi connectivity index (χ0n) is 18.3. The van der Waals surface area contributed by atoms with Crippen LogP contribution in [-0.4, -0.2) is 43.5 Å². The highest BCUT2D eigenvalue weighted by Gasteiger charge is 2.35. The van der Waals surface area contributed by atoms with Gasteiger partial charge in [-0.2, -0.15) is 0 Å². The third-order valence-corrected chi connectivity index (χ3v) is 5.72. The van der Waals surface area contributed by atoms with Gasteiger partial charge in [0.1, 0.15) is 6.04 Å². The van der Waals surface area contributed by atoms with Gasteiger partial charge in [-0.05, 0) is 54.7 Å². The van der Waals surface area contributed by atoms with Gasteiger partial charge in [0.25, 0.3) is 5.91 Å². The van der Waals surface area contributed by atoms with Crippen LogP contribution in [0.2, 0.25) is 0 Å². The Bertz CT molecular complexity index is 911. The number of nitrogens with one attached hydrogen (secondary N) is 1. The smallest absolute Gasteiger partial charge is 0.251 e. The number of nitrogens with zero attached hydrogens (tertiary/aromatic N) is 1. The maximum Gasteiger partial charge on any atom is 0.251 e. The van der Waals surface area contributed by atoms with Crippen molar-refractivity contribution in [2.45, 2.75) is 39.3 Å². The molecule has 1 N–H and O–H groups in total. The normalized spacial score (nSPS) is 16.6. The van der Waals surface area contributed by atoms with E-state index in [1.807, 2.05) is 56.0 Å². The van der Waals surface area contributed by atoms with Gasteiger partial charge in [-0.15, -0.1) is 0 Å². The van der Waals surface area contributed by atoms with Gasteiger partial charge in [-0.1, -0.05) is 32.0 Å². The molecular formula is C24H30N2O4. The zero-order valence-corrected chi connectivity index (χ0v) is 18.3. The molecule has 0 aromatic heterocycles. The highest BCUT2D eigenvalue weighted by Crippen LogP contribution is 2.38. The first-order valence-electron chi connectivity index (χ1n) is 10.3. The fourth-order valence-corrected chi connectivity index (χ4v) is 3.95. The van der Waals surface area contributed by atoms with E-state index in [0.717, 1.165) is 17.5 Å². The fourth-order valence-electron chi connectivity index (χ4n) is 3.95. The van der Waals surface area contributed by atoms with Crippen molar-refractivity contribution in [2.24, 2.45) is 5.92 Å². The minimum Gasteiger partial charge on any atom is -0.493 e. The molecule has 0 saturated heterocycles. The Morgan fingerprint density at radius 1 is 1.07 bits per heavy atom. The molecule has 2 aromatic carbocycles. The van der Waals surface area contributed by atoms with Crippen molar-refractivity contribution in [1.82, 2.24) is 10.2 Å². The van der Waals surface area contributed by atoms with Gasteiger partial charge in [0.2, 0.25) is 5.91 Å². The molecule has 1 aliphatic heterocycles. The predicted molar refractivity (Wildman–Crippen MR) is 116 cm³/mol. The molecule has 1 heterocycles. The van der Waals surface area contributed by atoms with Crippen molar-refractivity contribution < 1.29 is 19.1 Å². The van der Waals surface area contributed by atoms with Crippen LogP contribution in [0.4, 0.5) is 0 Å². The lowest BCUT2D eigenvalue weighted by molar-refractivity contribution is -0.137. The maximum atomic E-state index is 13.5. The summed E-state index contributed by atoms with van der Waals surface area (Å²) < 4.78 is 10.9. The molecule has 6 heteroatoms. The van der Waals surface area contributed by atoms with E-state index in [-0.39, 0.29) is 23.8 Å². The molecule has 160 valence electrons. The van der Waals surface area contributed by atoms with Crippen molar-refractivity contribution in [2.75, 3.05) is 20.8 Å². The van der Waals surface area contributed by atoms with Gasteiger partial charge in [-0.25, -0.2) is 0 Å². The highest BCUT2D eigenvalue weighted by molar-refractivity contribution is 5.97. The number of benzene rings is 2. The molecule has 0 saturated carbocycles. The largest absolute Gasteiger partial charge is 0.493 e. The Hall–Kier alpha value is -3.02. The molecule has 6 nitrogen and oxygen atoms in total. The van der Waals surface area contributed by atoms with Gasteiger partial charge < -0.3 is 19.7 Å². The van der Waals surface area contributed by atoms with E-state index < -0.39 is 6.04 Å². The number of carbonyl (C=O) groups excluding carboxylic acids is 2. The van der Waals surface area contributed by atoms with E-state index in [1.54, 1.807) is 26.4 Å². The molecule has 2 atom stereocenters. The number of fused-ring (bicyclic) bond motifs is 1. The molecule has 0 unspecified atom stereocenters. The molecule has 2 amide bonds. The van der Waals surface area contributed by atoms with Crippen LogP contribution in [0.5, 0.6) is 11.5 Å². The van der Waals surface area contributed by atoms with Crippen LogP contribution in [0, 0.1) is 5.92 Å². The Kier molecular flexibility index (Phi) is 6.65. The Labute approximate surface area is 178 Å². The first-order valence-corrected chi connectivity index (χ1v) is 10.3. The van der Waals surface area contributed by atoms with Crippen molar-refractivity contribution in [3.63, 3.8) is 0 Å². The zero-order chi connectivity index (χ0) is 21.8. The summed E-state index contributed by atoms with van der Waals surface area (Å²) in [6, 6.07) is 12.2. The minimum absolute atomic E-state index is 0.0378. The van der Waals surface area contributed by atoms with Gasteiger partial charge in [0.05, 0.1) is 20.3 Å². The second-order valence-corrected chi connectivity index (χ2v) is 7.92. The summed E-state index contributed by atoms with van der Waals surface area (Å²) >= 11 is 0. The van der Waals surface area contributed by atoms with Gasteiger partial charge in [0.15, 0.2) is 11.5 Å². The van der Waals surface area contributed by atoms with Crippen molar-refractivity contribution in [3.8, 4) is 11.5 Å². The first kappa shape index (κ1) is 21.7. The summed E-state index contributed by atoms with van der Waals surface area (Å²) in [5.74, 6) is 0.999. The monoisotopic (exact) mass is 410 g/mol. The maximum absolute atomic E-state index is 13.5. The number of amides is 2. The van der Waals surface area contributed by atoms with Gasteiger partial charge in [0, 0.05) is 12.1 Å². The minimum atomic E-state index is -0.596. The third-order valence-electron chi connectivity index (χ3n) is 5.72. The average molecular weight is 411 g/mol. The Morgan fingerprint density at radius 2 is 1.70 bits per heavy atom. The lowest BCUT2D eigenvalue weighted by atomic mass is 9.91. The molecule has 30 heavy (non-hydrogen) atoms. The molecule has 0 spiro atoms. The predicted octanol–water partition coefficient (Wildman–Crippen LogP) is 3.60. The van der Waals surface area contributed by atoms with E-state index in [2.05, 4.69) is 5.32 Å². The molecule has 2 aromatic rings. The van der Waals surface area contributed by atoms with Crippen LogP contribution in [0.15, 0.2) is 42.5 Å². The Balaban J connectivity index is 1.83. The van der Waals surface area contributed by atoms with E-state index >= 15 is 0 Å². The Morgan fingerprint density at radius 3 is 2.30 bits per heavy atom. The number of carbonyl (C=O) groups is 2. The standard InChI is InChI=1S/C24H30N2O4/c1-15(2)22(25-23(27)17-9-7-6-8-10-17)24(28)26-12-11-18-13-20(29-4)21(30-5)14-19(18)16(26)3/h6-10,13-16,22H,11-12H2,1-5H3,(H,25,27)/t16-,22-/m0/s1. The van der Waals surface area contributed by atoms with Crippen LogP contribution in [0.1, 0.15) is 48.3 Å². The van der Waals surface area contributed by atoms with E-state index in [1.165, 1.54) is 0 Å². The number of methoxy groups -OCH3 is 2. The summed E-state index contributed by atoms with van der Waals surface area (Å²) in [5, 5.41) is 2.94. The number of hydrogen-bond acceptors (Lipinski definition) is 4. The summed E-state index contributed by atoms with van der Waals surface area (Å²) in [4.78, 5) is 28.0. The topological polar surface area (TPSA) is 67.9 Å². The summed E-state index contributed by atoms with van der Waals surface area (Å²) in [7, 11) is 3.23. The lowest BCUT2D eigenvalue weighted by Crippen LogP contribution is -2.53. The van der Waals surface area contributed by atoms with Crippen molar-refractivity contribution in [1.29, 1.82) is 0 Å². The van der Waals surface area contributed by atoms with Crippen molar-refractivity contribution in [3.05, 3.63) is 59.2 Å². The van der Waals surface area contributed by atoms with Crippen LogP contribution in [0.25, 0.3) is 0 Å². The van der Waals surface area contributed by atoms with E-state index in [9.17, 15) is 9.59 Å². The molecule has 0 radical (unpaired) electrons. The third kappa shape index (κ3) is 4.27. The van der Waals surface area contributed by atoms with E-state index in [4.69, 9.17) is 9.47 Å². The second-order valence-electron chi connectivity index (χ2n) is 7.92.